The molecule has 0 heterocycles. The van der Waals surface area contributed by atoms with Crippen molar-refractivity contribution in [1.29, 1.82) is 0 Å². The van der Waals surface area contributed by atoms with Crippen LogP contribution in [0, 0.1) is 0 Å². The predicted molar refractivity (Wildman–Crippen MR) is 72.3 cm³/mol. The fourth-order valence-corrected chi connectivity index (χ4v) is 1.66. The maximum atomic E-state index is 10.3. The monoisotopic (exact) mass is 345 g/mol. The van der Waals surface area contributed by atoms with Crippen molar-refractivity contribution in [2.24, 2.45) is 11.5 Å². The molecule has 3 atom stereocenters. The van der Waals surface area contributed by atoms with Gasteiger partial charge in [-0.15, -0.1) is 0 Å². The van der Waals surface area contributed by atoms with E-state index >= 15 is 0 Å². The van der Waals surface area contributed by atoms with Crippen molar-refractivity contribution in [1.82, 2.24) is 5.09 Å². The van der Waals surface area contributed by atoms with Crippen molar-refractivity contribution >= 4 is 25.6 Å². The number of aliphatic hydroxyl groups excluding tert-OH is 1. The van der Waals surface area contributed by atoms with E-state index in [0.29, 0.717) is 0 Å². The molecule has 0 aromatic heterocycles. The van der Waals surface area contributed by atoms with E-state index in [9.17, 15) is 18.9 Å². The minimum Gasteiger partial charge on any atom is -0.480 e. The molecule has 0 aromatic carbocycles. The number of carbonyl (C=O) groups is 3. The van der Waals surface area contributed by atoms with Gasteiger partial charge in [-0.3, -0.25) is 14.4 Å². The summed E-state index contributed by atoms with van der Waals surface area (Å²) in [6, 6.07) is -2.64. The van der Waals surface area contributed by atoms with Gasteiger partial charge < -0.3 is 36.6 Å². The van der Waals surface area contributed by atoms with Crippen LogP contribution >= 0.6 is 7.75 Å². The average Bonchev–Trinajstić information content (AvgIpc) is 2.31. The first-order chi connectivity index (χ1) is 9.77. The Morgan fingerprint density at radius 3 is 1.82 bits per heavy atom. The Morgan fingerprint density at radius 1 is 1.18 bits per heavy atom. The fourth-order valence-electron chi connectivity index (χ4n) is 0.972. The second kappa shape index (κ2) is 10.2. The third kappa shape index (κ3) is 13.4. The first-order valence-corrected chi connectivity index (χ1v) is 7.40. The zero-order valence-electron chi connectivity index (χ0n) is 11.6. The minimum absolute atomic E-state index is 0.0213. The number of carboxylic acids is 2. The van der Waals surface area contributed by atoms with Gasteiger partial charge in [-0.05, 0) is 13.3 Å². The van der Waals surface area contributed by atoms with Crippen molar-refractivity contribution in [3.63, 3.8) is 0 Å². The molecule has 0 unspecified atom stereocenters. The number of nitrogens with one attached hydrogen (secondary N) is 1. The van der Waals surface area contributed by atoms with Gasteiger partial charge >= 0.3 is 19.7 Å². The molecule has 0 aliphatic rings. The molecule has 0 aliphatic carbocycles. The quantitative estimate of drug-likeness (QED) is 0.209. The smallest absolute Gasteiger partial charge is 0.401 e. The Kier molecular flexibility index (Phi) is 10.5. The molecule has 0 bridgehead atoms. The lowest BCUT2D eigenvalue weighted by atomic mass is 10.2. The molecule has 0 saturated heterocycles. The van der Waals surface area contributed by atoms with Crippen LogP contribution in [0.15, 0.2) is 0 Å². The molecular weight excluding hydrogens is 325 g/mol. The number of carbonyl (C=O) groups excluding carboxylic acids is 1. The normalized spacial score (nSPS) is 15.0. The molecule has 0 aliphatic heterocycles. The number of hydrogen-bond acceptors (Lipinski definition) is 6. The minimum atomic E-state index is -4.62. The van der Waals surface area contributed by atoms with Crippen LogP contribution in [0.4, 0.5) is 0 Å². The zero-order chi connectivity index (χ0) is 18.1. The van der Waals surface area contributed by atoms with Crippen molar-refractivity contribution in [2.75, 3.05) is 0 Å². The Labute approximate surface area is 125 Å². The van der Waals surface area contributed by atoms with Crippen LogP contribution in [0.1, 0.15) is 19.8 Å². The number of primary amides is 1. The summed E-state index contributed by atoms with van der Waals surface area (Å²) in [4.78, 5) is 47.0. The van der Waals surface area contributed by atoms with Crippen LogP contribution in [0.3, 0.4) is 0 Å². The fraction of sp³-hybridized carbons (Fsp3) is 0.667. The lowest BCUT2D eigenvalue weighted by Gasteiger charge is -2.17. The molecule has 22 heavy (non-hydrogen) atoms. The highest BCUT2D eigenvalue weighted by molar-refractivity contribution is 7.49. The van der Waals surface area contributed by atoms with Gasteiger partial charge in [0.2, 0.25) is 5.91 Å². The van der Waals surface area contributed by atoms with Gasteiger partial charge in [-0.1, -0.05) is 0 Å². The van der Waals surface area contributed by atoms with E-state index in [4.69, 9.17) is 36.6 Å². The molecule has 0 aromatic rings. The number of rotatable bonds is 8. The molecule has 12 nitrogen and oxygen atoms in total. The number of nitrogens with two attached hydrogens (primary N) is 2. The number of hydrogen-bond donors (Lipinski definition) is 8. The standard InChI is InChI=1S/C5H10N2O3.C4H10NO6P/c6-3(5(9)10)1-2-4(7)8;1-2(6)3(4(7)8)5-12(9,10)11/h3H,1-2,6H2,(H2,7,8)(H,9,10);2-3,6H,1H3,(H,7,8)(H3,5,9,10,11)/t3-;2-,3+/m01/s1. The van der Waals surface area contributed by atoms with Gasteiger partial charge in [0.25, 0.3) is 0 Å². The van der Waals surface area contributed by atoms with Crippen molar-refractivity contribution in [2.45, 2.75) is 38.0 Å². The van der Waals surface area contributed by atoms with Crippen LogP contribution in [0.2, 0.25) is 0 Å². The number of amides is 1. The van der Waals surface area contributed by atoms with Gasteiger partial charge in [-0.2, -0.15) is 0 Å². The van der Waals surface area contributed by atoms with Crippen LogP contribution in [-0.4, -0.2) is 61.1 Å². The number of aliphatic hydroxyl groups is 1. The number of carboxylic acid groups (broad SMARTS) is 2. The second-order valence-electron chi connectivity index (χ2n) is 4.18. The highest BCUT2D eigenvalue weighted by atomic mass is 31.2. The summed E-state index contributed by atoms with van der Waals surface area (Å²) < 4.78 is 10.3. The summed E-state index contributed by atoms with van der Waals surface area (Å²) in [7, 11) is -4.62. The third-order valence-corrected chi connectivity index (χ3v) is 2.69. The zero-order valence-corrected chi connectivity index (χ0v) is 12.5. The van der Waals surface area contributed by atoms with Gasteiger partial charge in [-0.25, -0.2) is 9.65 Å². The summed E-state index contributed by atoms with van der Waals surface area (Å²) >= 11 is 0. The first kappa shape index (κ1) is 22.7. The molecule has 130 valence electrons. The Hall–Kier alpha value is -1.56. The van der Waals surface area contributed by atoms with Gasteiger partial charge in [0.1, 0.15) is 12.1 Å². The summed E-state index contributed by atoms with van der Waals surface area (Å²) in [5, 5.41) is 26.8. The molecule has 13 heteroatoms. The van der Waals surface area contributed by atoms with Crippen molar-refractivity contribution in [3.8, 4) is 0 Å². The molecule has 0 saturated carbocycles. The summed E-state index contributed by atoms with van der Waals surface area (Å²) in [6.07, 6.45) is -1.26. The Morgan fingerprint density at radius 2 is 1.64 bits per heavy atom. The van der Waals surface area contributed by atoms with E-state index in [2.05, 4.69) is 0 Å². The maximum absolute atomic E-state index is 10.3. The molecular formula is C9H20N3O9P. The van der Waals surface area contributed by atoms with Crippen LogP contribution in [-0.2, 0) is 18.9 Å². The predicted octanol–water partition coefficient (Wildman–Crippen LogP) is -2.83. The van der Waals surface area contributed by atoms with Crippen molar-refractivity contribution < 1.29 is 44.1 Å². The molecule has 0 rings (SSSR count). The third-order valence-electron chi connectivity index (χ3n) is 2.07. The van der Waals surface area contributed by atoms with E-state index < -0.39 is 43.8 Å². The first-order valence-electron chi connectivity index (χ1n) is 5.78. The van der Waals surface area contributed by atoms with E-state index in [1.807, 2.05) is 0 Å². The SMILES string of the molecule is C[C@@H](O)[C@H](NP(=O)(O)O)C(=O)O.NC(=O)CC[C@H](N)C(=O)O. The highest BCUT2D eigenvalue weighted by Gasteiger charge is 2.29. The van der Waals surface area contributed by atoms with E-state index in [0.717, 1.165) is 6.92 Å². The number of aliphatic carboxylic acids is 2. The molecule has 1 amide bonds. The lowest BCUT2D eigenvalue weighted by molar-refractivity contribution is -0.142. The topological polar surface area (TPSA) is 234 Å². The summed E-state index contributed by atoms with van der Waals surface area (Å²) in [6.45, 7) is 1.11. The molecule has 0 fully saturated rings. The van der Waals surface area contributed by atoms with E-state index in [-0.39, 0.29) is 12.8 Å². The van der Waals surface area contributed by atoms with Crippen molar-refractivity contribution in [3.05, 3.63) is 0 Å². The highest BCUT2D eigenvalue weighted by Crippen LogP contribution is 2.29. The van der Waals surface area contributed by atoms with Crippen LogP contribution < -0.4 is 16.6 Å². The molecule has 0 spiro atoms. The summed E-state index contributed by atoms with van der Waals surface area (Å²) in [5.41, 5.74) is 9.81. The van der Waals surface area contributed by atoms with Crippen LogP contribution in [0.5, 0.6) is 0 Å². The Bertz CT molecular complexity index is 436. The second-order valence-corrected chi connectivity index (χ2v) is 5.53. The average molecular weight is 345 g/mol. The molecule has 0 radical (unpaired) electrons. The Balaban J connectivity index is 0. The largest absolute Gasteiger partial charge is 0.480 e. The lowest BCUT2D eigenvalue weighted by Crippen LogP contribution is -2.42. The summed E-state index contributed by atoms with van der Waals surface area (Å²) in [5.74, 6) is -3.16. The maximum Gasteiger partial charge on any atom is 0.401 e. The van der Waals surface area contributed by atoms with Gasteiger partial charge in [0.05, 0.1) is 6.10 Å². The van der Waals surface area contributed by atoms with Gasteiger partial charge in [0.15, 0.2) is 0 Å². The van der Waals surface area contributed by atoms with Gasteiger partial charge in [0, 0.05) is 6.42 Å². The van der Waals surface area contributed by atoms with E-state index in [1.165, 1.54) is 5.09 Å². The van der Waals surface area contributed by atoms with Crippen LogP contribution in [0.25, 0.3) is 0 Å². The molecule has 10 N–H and O–H groups in total. The van der Waals surface area contributed by atoms with E-state index in [1.54, 1.807) is 0 Å².